The number of hydrogen-bond acceptors (Lipinski definition) is 4. The van der Waals surface area contributed by atoms with Gasteiger partial charge in [-0.2, -0.15) is 13.2 Å². The first kappa shape index (κ1) is 26.7. The van der Waals surface area contributed by atoms with Crippen LogP contribution < -0.4 is 15.4 Å². The Morgan fingerprint density at radius 3 is 2.64 bits per heavy atom. The van der Waals surface area contributed by atoms with E-state index < -0.39 is 12.7 Å². The number of ether oxygens (including phenoxy) is 2. The molecule has 10 heteroatoms. The van der Waals surface area contributed by atoms with Crippen molar-refractivity contribution in [3.8, 4) is 5.75 Å². The molecule has 0 fully saturated rings. The van der Waals surface area contributed by atoms with E-state index in [2.05, 4.69) is 15.6 Å². The number of likely N-dealkylation sites (N-methyl/N-ethyl adjacent to an activating group) is 1. The highest BCUT2D eigenvalue weighted by molar-refractivity contribution is 14.0. The molecule has 0 aromatic heterocycles. The molecule has 0 unspecified atom stereocenters. The molecule has 0 bridgehead atoms. The third-order valence-electron chi connectivity index (χ3n) is 3.40. The number of methoxy groups -OCH3 is 1. The number of guanidine groups is 1. The van der Waals surface area contributed by atoms with E-state index in [0.717, 1.165) is 17.9 Å². The minimum atomic E-state index is -4.20. The van der Waals surface area contributed by atoms with Gasteiger partial charge in [0.05, 0.1) is 19.7 Å². The fourth-order valence-corrected chi connectivity index (χ4v) is 2.22. The average Bonchev–Trinajstić information content (AvgIpc) is 2.58. The van der Waals surface area contributed by atoms with Crippen LogP contribution in [-0.2, 0) is 4.74 Å². The summed E-state index contributed by atoms with van der Waals surface area (Å²) in [5, 5.41) is 6.21. The molecular weight excluding hydrogens is 488 g/mol. The van der Waals surface area contributed by atoms with Gasteiger partial charge in [-0.15, -0.1) is 24.0 Å². The number of nitrogens with zero attached hydrogens (tertiary/aromatic N) is 2. The summed E-state index contributed by atoms with van der Waals surface area (Å²) in [4.78, 5) is 5.52. The zero-order valence-corrected chi connectivity index (χ0v) is 18.8. The van der Waals surface area contributed by atoms with E-state index in [-0.39, 0.29) is 37.1 Å². The molecule has 0 saturated heterocycles. The van der Waals surface area contributed by atoms with Crippen molar-refractivity contribution in [3.05, 3.63) is 24.3 Å². The summed E-state index contributed by atoms with van der Waals surface area (Å²) in [5.74, 6) is 1.23. The van der Waals surface area contributed by atoms with Gasteiger partial charge in [0.15, 0.2) is 5.96 Å². The number of aliphatic imine (C=N–C) groups is 1. The molecule has 0 spiro atoms. The molecule has 0 aliphatic carbocycles. The van der Waals surface area contributed by atoms with E-state index in [0.29, 0.717) is 25.7 Å². The second kappa shape index (κ2) is 14.7. The van der Waals surface area contributed by atoms with Gasteiger partial charge in [0.2, 0.25) is 0 Å². The van der Waals surface area contributed by atoms with Gasteiger partial charge in [-0.1, -0.05) is 6.07 Å². The first-order valence-corrected chi connectivity index (χ1v) is 8.86. The molecule has 0 amide bonds. The largest absolute Gasteiger partial charge is 0.493 e. The van der Waals surface area contributed by atoms with Gasteiger partial charge >= 0.3 is 6.18 Å². The first-order chi connectivity index (χ1) is 12.8. The lowest BCUT2D eigenvalue weighted by Crippen LogP contribution is -2.34. The molecule has 1 aromatic carbocycles. The SMILES string of the molecule is CCNC(=NCCN(C)CC(F)(F)F)Nc1cccc(OCCCOC)c1.I. The second-order valence-corrected chi connectivity index (χ2v) is 5.96. The summed E-state index contributed by atoms with van der Waals surface area (Å²) in [7, 11) is 3.07. The Morgan fingerprint density at radius 2 is 2.00 bits per heavy atom. The van der Waals surface area contributed by atoms with Crippen LogP contribution in [0, 0.1) is 0 Å². The van der Waals surface area contributed by atoms with Gasteiger partial charge in [-0.25, -0.2) is 0 Å². The Labute approximate surface area is 181 Å². The summed E-state index contributed by atoms with van der Waals surface area (Å²) >= 11 is 0. The molecule has 0 saturated carbocycles. The second-order valence-electron chi connectivity index (χ2n) is 5.96. The van der Waals surface area contributed by atoms with E-state index in [1.165, 1.54) is 11.9 Å². The number of nitrogens with one attached hydrogen (secondary N) is 2. The fourth-order valence-electron chi connectivity index (χ4n) is 2.22. The first-order valence-electron chi connectivity index (χ1n) is 8.86. The molecule has 6 nitrogen and oxygen atoms in total. The molecule has 162 valence electrons. The maximum Gasteiger partial charge on any atom is 0.401 e. The summed E-state index contributed by atoms with van der Waals surface area (Å²) < 4.78 is 47.7. The van der Waals surface area contributed by atoms with Crippen molar-refractivity contribution in [1.29, 1.82) is 0 Å². The lowest BCUT2D eigenvalue weighted by molar-refractivity contribution is -0.142. The third-order valence-corrected chi connectivity index (χ3v) is 3.40. The number of rotatable bonds is 11. The normalized spacial score (nSPS) is 11.9. The van der Waals surface area contributed by atoms with Gasteiger partial charge in [0.25, 0.3) is 0 Å². The van der Waals surface area contributed by atoms with Crippen molar-refractivity contribution in [2.75, 3.05) is 58.9 Å². The van der Waals surface area contributed by atoms with Crippen LogP contribution in [0.15, 0.2) is 29.3 Å². The Hall–Kier alpha value is -1.27. The Kier molecular flexibility index (Phi) is 14.0. The number of anilines is 1. The van der Waals surface area contributed by atoms with Crippen molar-refractivity contribution in [2.45, 2.75) is 19.5 Å². The smallest absolute Gasteiger partial charge is 0.401 e. The fraction of sp³-hybridized carbons (Fsp3) is 0.611. The van der Waals surface area contributed by atoms with Gasteiger partial charge in [0, 0.05) is 45.0 Å². The van der Waals surface area contributed by atoms with Gasteiger partial charge in [0.1, 0.15) is 5.75 Å². The monoisotopic (exact) mass is 518 g/mol. The molecule has 1 aromatic rings. The lowest BCUT2D eigenvalue weighted by Gasteiger charge is -2.18. The highest BCUT2D eigenvalue weighted by atomic mass is 127. The van der Waals surface area contributed by atoms with E-state index in [1.54, 1.807) is 7.11 Å². The summed E-state index contributed by atoms with van der Waals surface area (Å²) in [6.45, 7) is 3.25. The van der Waals surface area contributed by atoms with Crippen molar-refractivity contribution in [1.82, 2.24) is 10.2 Å². The predicted molar refractivity (Wildman–Crippen MR) is 117 cm³/mol. The Balaban J connectivity index is 0.00000729. The van der Waals surface area contributed by atoms with Gasteiger partial charge in [-0.3, -0.25) is 9.89 Å². The summed E-state index contributed by atoms with van der Waals surface area (Å²) in [5.41, 5.74) is 0.780. The van der Waals surface area contributed by atoms with E-state index in [1.807, 2.05) is 31.2 Å². The zero-order chi connectivity index (χ0) is 20.1. The number of alkyl halides is 3. The number of hydrogen-bond donors (Lipinski definition) is 2. The molecule has 0 aliphatic rings. The highest BCUT2D eigenvalue weighted by Crippen LogP contribution is 2.17. The Bertz CT molecular complexity index is 574. The van der Waals surface area contributed by atoms with Crippen LogP contribution >= 0.6 is 24.0 Å². The molecule has 0 heterocycles. The molecule has 1 rings (SSSR count). The number of benzene rings is 1. The van der Waals surface area contributed by atoms with Crippen molar-refractivity contribution in [2.24, 2.45) is 4.99 Å². The summed E-state index contributed by atoms with van der Waals surface area (Å²) in [6, 6.07) is 7.42. The van der Waals surface area contributed by atoms with Crippen molar-refractivity contribution in [3.63, 3.8) is 0 Å². The minimum Gasteiger partial charge on any atom is -0.493 e. The van der Waals surface area contributed by atoms with Gasteiger partial charge in [-0.05, 0) is 26.1 Å². The van der Waals surface area contributed by atoms with E-state index in [4.69, 9.17) is 9.47 Å². The van der Waals surface area contributed by atoms with Crippen LogP contribution in [0.25, 0.3) is 0 Å². The third kappa shape index (κ3) is 13.0. The lowest BCUT2D eigenvalue weighted by atomic mass is 10.3. The van der Waals surface area contributed by atoms with Gasteiger partial charge < -0.3 is 20.1 Å². The molecule has 0 aliphatic heterocycles. The maximum absolute atomic E-state index is 12.3. The van der Waals surface area contributed by atoms with Crippen LogP contribution in [0.4, 0.5) is 18.9 Å². The predicted octanol–water partition coefficient (Wildman–Crippen LogP) is 3.59. The van der Waals surface area contributed by atoms with Crippen LogP contribution in [0.5, 0.6) is 5.75 Å². The molecule has 0 radical (unpaired) electrons. The van der Waals surface area contributed by atoms with Crippen LogP contribution in [0.3, 0.4) is 0 Å². The van der Waals surface area contributed by atoms with Crippen LogP contribution in [0.1, 0.15) is 13.3 Å². The Morgan fingerprint density at radius 1 is 1.25 bits per heavy atom. The molecule has 28 heavy (non-hydrogen) atoms. The molecule has 0 atom stereocenters. The van der Waals surface area contributed by atoms with Crippen molar-refractivity contribution >= 4 is 35.6 Å². The number of halogens is 4. The summed E-state index contributed by atoms with van der Waals surface area (Å²) in [6.07, 6.45) is -3.41. The van der Waals surface area contributed by atoms with E-state index >= 15 is 0 Å². The standard InChI is InChI=1S/C18H29F3N4O2.HI/c1-4-22-17(23-9-10-25(2)14-18(19,20)21)24-15-7-5-8-16(13-15)27-12-6-11-26-3;/h5,7-8,13H,4,6,9-12,14H2,1-3H3,(H2,22,23,24);1H. The quantitative estimate of drug-likeness (QED) is 0.203. The van der Waals surface area contributed by atoms with Crippen molar-refractivity contribution < 1.29 is 22.6 Å². The average molecular weight is 518 g/mol. The maximum atomic E-state index is 12.3. The van der Waals surface area contributed by atoms with Crippen LogP contribution in [0.2, 0.25) is 0 Å². The van der Waals surface area contributed by atoms with Crippen LogP contribution in [-0.4, -0.2) is 70.6 Å². The highest BCUT2D eigenvalue weighted by Gasteiger charge is 2.28. The zero-order valence-electron chi connectivity index (χ0n) is 16.5. The molecular formula is C18H30F3IN4O2. The molecule has 2 N–H and O–H groups in total. The minimum absolute atomic E-state index is 0. The van der Waals surface area contributed by atoms with E-state index in [9.17, 15) is 13.2 Å². The topological polar surface area (TPSA) is 58.1 Å².